The number of hydrogen-bond donors (Lipinski definition) is 0. The van der Waals surface area contributed by atoms with E-state index in [1.54, 1.807) is 11.3 Å². The summed E-state index contributed by atoms with van der Waals surface area (Å²) in [6.45, 7) is 1.97. The third-order valence-corrected chi connectivity index (χ3v) is 4.72. The standard InChI is InChI=1S/C17H17NO2S/c1-17(16(19)20-2)9-12-8-15(21-11-13(12)10-17)18-14-6-4-3-5-7-14/h3-8,11H,9-10H2,1-2H3/t17-/m1/s1. The molecular formula is C17H17NO2S. The number of benzene rings is 1. The third kappa shape index (κ3) is 2.76. The van der Waals surface area contributed by atoms with Gasteiger partial charge in [0.15, 0.2) is 0 Å². The fourth-order valence-electron chi connectivity index (χ4n) is 2.79. The number of methoxy groups -OCH3 is 1. The molecule has 0 N–H and O–H groups in total. The normalized spacial score (nSPS) is 21.1. The van der Waals surface area contributed by atoms with Gasteiger partial charge in [-0.25, -0.2) is 4.99 Å². The summed E-state index contributed by atoms with van der Waals surface area (Å²) in [5.74, 6) is -0.134. The van der Waals surface area contributed by atoms with E-state index in [2.05, 4.69) is 16.4 Å². The average Bonchev–Trinajstić information content (AvgIpc) is 2.84. The molecule has 1 aliphatic rings. The Hall–Kier alpha value is -1.94. The summed E-state index contributed by atoms with van der Waals surface area (Å²) in [5, 5.41) is 2.12. The Kier molecular flexibility index (Phi) is 3.64. The van der Waals surface area contributed by atoms with Crippen LogP contribution >= 0.6 is 11.3 Å². The van der Waals surface area contributed by atoms with Crippen molar-refractivity contribution in [2.24, 2.45) is 10.4 Å². The van der Waals surface area contributed by atoms with E-state index in [1.807, 2.05) is 37.3 Å². The number of hydrogen-bond acceptors (Lipinski definition) is 4. The third-order valence-electron chi connectivity index (χ3n) is 3.87. The van der Waals surface area contributed by atoms with E-state index >= 15 is 0 Å². The molecule has 0 unspecified atom stereocenters. The lowest BCUT2D eigenvalue weighted by Gasteiger charge is -2.19. The monoisotopic (exact) mass is 299 g/mol. The maximum Gasteiger partial charge on any atom is 0.312 e. The molecule has 0 spiro atoms. The zero-order chi connectivity index (χ0) is 14.9. The molecule has 2 aromatic rings. The van der Waals surface area contributed by atoms with Crippen molar-refractivity contribution in [3.63, 3.8) is 0 Å². The predicted molar refractivity (Wildman–Crippen MR) is 83.5 cm³/mol. The second kappa shape index (κ2) is 5.45. The van der Waals surface area contributed by atoms with Gasteiger partial charge in [-0.1, -0.05) is 18.2 Å². The molecule has 1 atom stereocenters. The van der Waals surface area contributed by atoms with Crippen LogP contribution in [0.25, 0.3) is 0 Å². The summed E-state index contributed by atoms with van der Waals surface area (Å²) in [7, 11) is 1.45. The molecule has 108 valence electrons. The molecule has 1 aliphatic carbocycles. The highest BCUT2D eigenvalue weighted by Crippen LogP contribution is 2.37. The number of ether oxygens (including phenoxy) is 1. The second-order valence-electron chi connectivity index (χ2n) is 5.62. The van der Waals surface area contributed by atoms with Crippen molar-refractivity contribution in [3.8, 4) is 0 Å². The molecule has 0 saturated heterocycles. The highest BCUT2D eigenvalue weighted by molar-refractivity contribution is 7.07. The van der Waals surface area contributed by atoms with Crippen LogP contribution in [0.1, 0.15) is 18.1 Å². The Bertz CT molecular complexity index is 736. The van der Waals surface area contributed by atoms with Crippen LogP contribution in [0.4, 0.5) is 5.69 Å². The molecule has 0 fully saturated rings. The summed E-state index contributed by atoms with van der Waals surface area (Å²) in [6, 6.07) is 12.0. The Labute approximate surface area is 127 Å². The summed E-state index contributed by atoms with van der Waals surface area (Å²) >= 11 is 1.61. The molecule has 0 radical (unpaired) electrons. The molecule has 1 aromatic heterocycles. The molecule has 1 aromatic carbocycles. The summed E-state index contributed by atoms with van der Waals surface area (Å²) in [4.78, 5) is 16.6. The lowest BCUT2D eigenvalue weighted by molar-refractivity contribution is -0.151. The number of rotatable bonds is 2. The van der Waals surface area contributed by atoms with Crippen molar-refractivity contribution < 1.29 is 9.53 Å². The summed E-state index contributed by atoms with van der Waals surface area (Å²) < 4.78 is 5.90. The van der Waals surface area contributed by atoms with Crippen molar-refractivity contribution in [2.45, 2.75) is 19.8 Å². The van der Waals surface area contributed by atoms with Gasteiger partial charge in [0.2, 0.25) is 0 Å². The average molecular weight is 299 g/mol. The zero-order valence-corrected chi connectivity index (χ0v) is 12.9. The lowest BCUT2D eigenvalue weighted by Crippen LogP contribution is -2.29. The largest absolute Gasteiger partial charge is 0.469 e. The van der Waals surface area contributed by atoms with Crippen molar-refractivity contribution in [3.05, 3.63) is 57.6 Å². The van der Waals surface area contributed by atoms with Crippen molar-refractivity contribution >= 4 is 23.0 Å². The molecule has 3 rings (SSSR count). The smallest absolute Gasteiger partial charge is 0.312 e. The van der Waals surface area contributed by atoms with E-state index < -0.39 is 5.41 Å². The molecule has 1 heterocycles. The minimum atomic E-state index is -0.435. The SMILES string of the molecule is COC(=O)[C@@]1(C)Cc2csc(=Nc3ccccc3)cc2C1. The van der Waals surface area contributed by atoms with Gasteiger partial charge in [0, 0.05) is 0 Å². The van der Waals surface area contributed by atoms with Gasteiger partial charge >= 0.3 is 5.97 Å². The van der Waals surface area contributed by atoms with Crippen molar-refractivity contribution in [1.82, 2.24) is 0 Å². The van der Waals surface area contributed by atoms with E-state index in [0.29, 0.717) is 0 Å². The highest BCUT2D eigenvalue weighted by atomic mass is 32.1. The number of esters is 1. The fraction of sp³-hybridized carbons (Fsp3) is 0.294. The second-order valence-corrected chi connectivity index (χ2v) is 6.51. The molecule has 0 aliphatic heterocycles. The van der Waals surface area contributed by atoms with Gasteiger partial charge in [-0.3, -0.25) is 4.79 Å². The van der Waals surface area contributed by atoms with Crippen LogP contribution in [0.5, 0.6) is 0 Å². The summed E-state index contributed by atoms with van der Waals surface area (Å²) in [6.07, 6.45) is 1.47. The Morgan fingerprint density at radius 3 is 2.67 bits per heavy atom. The first kappa shape index (κ1) is 14.0. The minimum Gasteiger partial charge on any atom is -0.469 e. The number of fused-ring (bicyclic) bond motifs is 1. The van der Waals surface area contributed by atoms with Crippen LogP contribution in [0, 0.1) is 5.41 Å². The molecule has 21 heavy (non-hydrogen) atoms. The highest BCUT2D eigenvalue weighted by Gasteiger charge is 2.40. The van der Waals surface area contributed by atoms with Crippen LogP contribution in [0.2, 0.25) is 0 Å². The van der Waals surface area contributed by atoms with Crippen molar-refractivity contribution in [2.75, 3.05) is 7.11 Å². The van der Waals surface area contributed by atoms with Gasteiger partial charge in [0.25, 0.3) is 0 Å². The molecular weight excluding hydrogens is 282 g/mol. The first-order valence-electron chi connectivity index (χ1n) is 6.89. The minimum absolute atomic E-state index is 0.134. The van der Waals surface area contributed by atoms with Crippen LogP contribution in [0.3, 0.4) is 0 Å². The van der Waals surface area contributed by atoms with Crippen LogP contribution in [0.15, 0.2) is 46.8 Å². The number of carbonyl (C=O) groups excluding carboxylic acids is 1. The van der Waals surface area contributed by atoms with E-state index in [1.165, 1.54) is 18.2 Å². The maximum atomic E-state index is 11.9. The van der Waals surface area contributed by atoms with Gasteiger partial charge in [-0.05, 0) is 54.5 Å². The molecule has 0 amide bonds. The van der Waals surface area contributed by atoms with E-state index in [0.717, 1.165) is 23.2 Å². The van der Waals surface area contributed by atoms with Gasteiger partial charge < -0.3 is 4.74 Å². The molecule has 4 heteroatoms. The van der Waals surface area contributed by atoms with Crippen LogP contribution in [-0.2, 0) is 22.4 Å². The van der Waals surface area contributed by atoms with E-state index in [9.17, 15) is 4.79 Å². The van der Waals surface area contributed by atoms with Gasteiger partial charge in [-0.15, -0.1) is 11.3 Å². The maximum absolute atomic E-state index is 11.9. The summed E-state index contributed by atoms with van der Waals surface area (Å²) in [5.41, 5.74) is 2.95. The Balaban J connectivity index is 1.94. The molecule has 0 bridgehead atoms. The van der Waals surface area contributed by atoms with Crippen LogP contribution in [-0.4, -0.2) is 13.1 Å². The Morgan fingerprint density at radius 1 is 1.24 bits per heavy atom. The zero-order valence-electron chi connectivity index (χ0n) is 12.1. The quantitative estimate of drug-likeness (QED) is 0.798. The van der Waals surface area contributed by atoms with Crippen LogP contribution < -0.4 is 4.67 Å². The van der Waals surface area contributed by atoms with E-state index in [4.69, 9.17) is 4.74 Å². The number of para-hydroxylation sites is 1. The lowest BCUT2D eigenvalue weighted by atomic mass is 9.87. The molecule has 0 saturated carbocycles. The fourth-order valence-corrected chi connectivity index (χ4v) is 3.65. The first-order valence-corrected chi connectivity index (χ1v) is 7.77. The van der Waals surface area contributed by atoms with E-state index in [-0.39, 0.29) is 5.97 Å². The van der Waals surface area contributed by atoms with Gasteiger partial charge in [0.1, 0.15) is 4.67 Å². The van der Waals surface area contributed by atoms with Gasteiger partial charge in [-0.2, -0.15) is 0 Å². The van der Waals surface area contributed by atoms with Crippen molar-refractivity contribution in [1.29, 1.82) is 0 Å². The topological polar surface area (TPSA) is 38.7 Å². The first-order chi connectivity index (χ1) is 10.1. The number of nitrogens with zero attached hydrogens (tertiary/aromatic N) is 1. The molecule has 3 nitrogen and oxygen atoms in total. The predicted octanol–water partition coefficient (Wildman–Crippen LogP) is 3.26. The Morgan fingerprint density at radius 2 is 1.95 bits per heavy atom. The number of carbonyl (C=O) groups is 1. The van der Waals surface area contributed by atoms with Gasteiger partial charge in [0.05, 0.1) is 18.2 Å².